The van der Waals surface area contributed by atoms with Crippen molar-refractivity contribution < 1.29 is 27.4 Å². The third kappa shape index (κ3) is 6.11. The number of ether oxygens (including phenoxy) is 2. The summed E-state index contributed by atoms with van der Waals surface area (Å²) in [6, 6.07) is 16.4. The number of rotatable bonds is 6. The van der Waals surface area contributed by atoms with E-state index >= 15 is 0 Å². The lowest BCUT2D eigenvalue weighted by atomic mass is 9.93. The summed E-state index contributed by atoms with van der Waals surface area (Å²) in [6.07, 6.45) is -1.03. The molecule has 1 heterocycles. The van der Waals surface area contributed by atoms with E-state index in [1.54, 1.807) is 12.1 Å². The molecule has 162 valence electrons. The van der Waals surface area contributed by atoms with Gasteiger partial charge in [-0.25, -0.2) is 4.79 Å². The van der Waals surface area contributed by atoms with Gasteiger partial charge in [0.15, 0.2) is 0 Å². The third-order valence-electron chi connectivity index (χ3n) is 5.93. The first-order valence-electron chi connectivity index (χ1n) is 10.4. The van der Waals surface area contributed by atoms with Crippen molar-refractivity contribution in [2.45, 2.75) is 63.1 Å². The summed E-state index contributed by atoms with van der Waals surface area (Å²) in [5, 5.41) is 0. The van der Waals surface area contributed by atoms with E-state index < -0.39 is 20.4 Å². The normalized spacial score (nSPS) is 21.8. The Morgan fingerprint density at radius 3 is 2.10 bits per heavy atom. The van der Waals surface area contributed by atoms with Gasteiger partial charge in [0.25, 0.3) is 0 Å². The van der Waals surface area contributed by atoms with Gasteiger partial charge in [0.2, 0.25) is 0 Å². The maximum atomic E-state index is 12.3. The molecular formula is C23H27F3O3Si. The number of esters is 1. The van der Waals surface area contributed by atoms with Crippen molar-refractivity contribution in [3.63, 3.8) is 0 Å². The third-order valence-corrected chi connectivity index (χ3v) is 10.6. The summed E-state index contributed by atoms with van der Waals surface area (Å²) in [5.41, 5.74) is 1.67. The molecule has 2 aromatic carbocycles. The predicted molar refractivity (Wildman–Crippen MR) is 113 cm³/mol. The van der Waals surface area contributed by atoms with Crippen molar-refractivity contribution in [1.29, 1.82) is 0 Å². The average molecular weight is 437 g/mol. The van der Waals surface area contributed by atoms with E-state index in [1.807, 2.05) is 12.1 Å². The monoisotopic (exact) mass is 436 g/mol. The Balaban J connectivity index is 1.56. The molecule has 1 aliphatic rings. The van der Waals surface area contributed by atoms with Crippen LogP contribution in [0.2, 0.25) is 24.7 Å². The molecule has 30 heavy (non-hydrogen) atoms. The zero-order valence-electron chi connectivity index (χ0n) is 17.3. The van der Waals surface area contributed by atoms with E-state index in [4.69, 9.17) is 4.74 Å². The van der Waals surface area contributed by atoms with Gasteiger partial charge in [0.1, 0.15) is 11.5 Å². The van der Waals surface area contributed by atoms with Crippen LogP contribution in [0, 0.1) is 0 Å². The fourth-order valence-corrected chi connectivity index (χ4v) is 8.32. The van der Waals surface area contributed by atoms with Crippen LogP contribution < -0.4 is 9.47 Å². The molecule has 0 spiro atoms. The molecule has 0 atom stereocenters. The lowest BCUT2D eigenvalue weighted by molar-refractivity contribution is -0.274. The van der Waals surface area contributed by atoms with Crippen LogP contribution in [0.15, 0.2) is 48.5 Å². The fourth-order valence-electron chi connectivity index (χ4n) is 4.27. The Labute approximate surface area is 176 Å². The van der Waals surface area contributed by atoms with Crippen LogP contribution in [0.5, 0.6) is 11.5 Å². The van der Waals surface area contributed by atoms with E-state index in [2.05, 4.69) is 18.2 Å². The van der Waals surface area contributed by atoms with Gasteiger partial charge >= 0.3 is 12.3 Å². The molecule has 7 heteroatoms. The molecule has 0 unspecified atom stereocenters. The summed E-state index contributed by atoms with van der Waals surface area (Å²) in [4.78, 5) is 12.3. The van der Waals surface area contributed by atoms with E-state index in [9.17, 15) is 18.0 Å². The van der Waals surface area contributed by atoms with Crippen molar-refractivity contribution in [1.82, 2.24) is 0 Å². The van der Waals surface area contributed by atoms with Crippen molar-refractivity contribution in [2.75, 3.05) is 0 Å². The van der Waals surface area contributed by atoms with Gasteiger partial charge in [-0.2, -0.15) is 0 Å². The first kappa shape index (κ1) is 22.4. The van der Waals surface area contributed by atoms with Crippen molar-refractivity contribution in [3.8, 4) is 11.5 Å². The minimum absolute atomic E-state index is 0.158. The molecular weight excluding hydrogens is 409 g/mol. The first-order chi connectivity index (χ1) is 14.2. The van der Waals surface area contributed by atoms with Crippen LogP contribution >= 0.6 is 0 Å². The SMILES string of the molecule is CCC[Si]1(C)CCC(c2ccc(C(=O)Oc3ccc(OC(F)(F)F)cc3)cc2)CC1. The van der Waals surface area contributed by atoms with Gasteiger partial charge in [-0.05, 0) is 60.7 Å². The van der Waals surface area contributed by atoms with Gasteiger partial charge in [0, 0.05) is 0 Å². The maximum absolute atomic E-state index is 12.3. The summed E-state index contributed by atoms with van der Waals surface area (Å²) in [6.45, 7) is 4.79. The second-order valence-electron chi connectivity index (χ2n) is 8.37. The minimum Gasteiger partial charge on any atom is -0.423 e. The number of alkyl halides is 3. The van der Waals surface area contributed by atoms with Crippen LogP contribution in [0.4, 0.5) is 13.2 Å². The molecule has 0 N–H and O–H groups in total. The van der Waals surface area contributed by atoms with E-state index in [0.29, 0.717) is 11.5 Å². The number of benzene rings is 2. The van der Waals surface area contributed by atoms with Crippen LogP contribution in [0.3, 0.4) is 0 Å². The highest BCUT2D eigenvalue weighted by Crippen LogP contribution is 2.40. The molecule has 3 nitrogen and oxygen atoms in total. The molecule has 0 radical (unpaired) electrons. The molecule has 1 aliphatic heterocycles. The quantitative estimate of drug-likeness (QED) is 0.273. The summed E-state index contributed by atoms with van der Waals surface area (Å²) >= 11 is 0. The van der Waals surface area contributed by atoms with Crippen molar-refractivity contribution in [2.24, 2.45) is 0 Å². The molecule has 0 amide bonds. The fraction of sp³-hybridized carbons (Fsp3) is 0.435. The highest BCUT2D eigenvalue weighted by Gasteiger charge is 2.33. The molecule has 3 rings (SSSR count). The Hall–Kier alpha value is -2.28. The molecule has 0 aliphatic carbocycles. The number of carbonyl (C=O) groups is 1. The molecule has 0 bridgehead atoms. The van der Waals surface area contributed by atoms with E-state index in [1.165, 1.54) is 55.1 Å². The highest BCUT2D eigenvalue weighted by atomic mass is 28.3. The Morgan fingerprint density at radius 1 is 1.00 bits per heavy atom. The Morgan fingerprint density at radius 2 is 1.57 bits per heavy atom. The Bertz CT molecular complexity index is 839. The molecule has 1 fully saturated rings. The van der Waals surface area contributed by atoms with Crippen molar-refractivity contribution >= 4 is 14.0 Å². The number of carbonyl (C=O) groups excluding carboxylic acids is 1. The average Bonchev–Trinajstić information content (AvgIpc) is 2.69. The minimum atomic E-state index is -4.75. The molecule has 0 saturated carbocycles. The predicted octanol–water partition coefficient (Wildman–Crippen LogP) is 7.17. The molecule has 0 aromatic heterocycles. The first-order valence-corrected chi connectivity index (χ1v) is 13.5. The van der Waals surface area contributed by atoms with Gasteiger partial charge in [-0.1, -0.05) is 50.2 Å². The molecule has 1 saturated heterocycles. The zero-order chi connectivity index (χ0) is 21.8. The Kier molecular flexibility index (Phi) is 6.90. The van der Waals surface area contributed by atoms with Crippen LogP contribution in [-0.4, -0.2) is 20.4 Å². The lowest BCUT2D eigenvalue weighted by Crippen LogP contribution is -2.33. The standard InChI is InChI=1S/C23H27F3O3Si/c1-3-14-30(2)15-12-18(13-16-30)17-4-6-19(7-5-17)22(27)28-20-8-10-21(11-9-20)29-23(24,25)26/h4-11,18H,3,12-16H2,1-2H3. The number of hydrogen-bond acceptors (Lipinski definition) is 3. The zero-order valence-corrected chi connectivity index (χ0v) is 18.3. The van der Waals surface area contributed by atoms with E-state index in [-0.39, 0.29) is 11.5 Å². The van der Waals surface area contributed by atoms with Gasteiger partial charge in [-0.3, -0.25) is 0 Å². The number of hydrogen-bond donors (Lipinski definition) is 0. The van der Waals surface area contributed by atoms with E-state index in [0.717, 1.165) is 12.1 Å². The highest BCUT2D eigenvalue weighted by molar-refractivity contribution is 6.78. The largest absolute Gasteiger partial charge is 0.573 e. The smallest absolute Gasteiger partial charge is 0.423 e. The number of halogens is 3. The topological polar surface area (TPSA) is 35.5 Å². The van der Waals surface area contributed by atoms with Crippen molar-refractivity contribution in [3.05, 3.63) is 59.7 Å². The van der Waals surface area contributed by atoms with Crippen LogP contribution in [-0.2, 0) is 0 Å². The second kappa shape index (κ2) is 9.25. The van der Waals surface area contributed by atoms with Crippen LogP contribution in [0.1, 0.15) is 48.0 Å². The summed E-state index contributed by atoms with van der Waals surface area (Å²) in [5.74, 6) is -0.199. The van der Waals surface area contributed by atoms with Gasteiger partial charge in [-0.15, -0.1) is 13.2 Å². The van der Waals surface area contributed by atoms with Gasteiger partial charge < -0.3 is 9.47 Å². The summed E-state index contributed by atoms with van der Waals surface area (Å²) in [7, 11) is -1.05. The van der Waals surface area contributed by atoms with Gasteiger partial charge in [0.05, 0.1) is 13.6 Å². The lowest BCUT2D eigenvalue weighted by Gasteiger charge is -2.36. The maximum Gasteiger partial charge on any atom is 0.573 e. The second-order valence-corrected chi connectivity index (χ2v) is 13.5. The van der Waals surface area contributed by atoms with Crippen LogP contribution in [0.25, 0.3) is 0 Å². The summed E-state index contributed by atoms with van der Waals surface area (Å²) < 4.78 is 45.7. The molecule has 2 aromatic rings.